The van der Waals surface area contributed by atoms with Crippen molar-refractivity contribution in [1.29, 1.82) is 0 Å². The first kappa shape index (κ1) is 15.5. The number of rotatable bonds is 5. The summed E-state index contributed by atoms with van der Waals surface area (Å²) < 4.78 is 5.80. The van der Waals surface area contributed by atoms with Gasteiger partial charge in [0.05, 0.1) is 6.10 Å². The second-order valence-corrected chi connectivity index (χ2v) is 5.81. The summed E-state index contributed by atoms with van der Waals surface area (Å²) in [6.45, 7) is 9.99. The molecule has 1 heterocycles. The zero-order chi connectivity index (χ0) is 14.5. The molecule has 3 heteroatoms. The van der Waals surface area contributed by atoms with E-state index in [1.807, 2.05) is 0 Å². The zero-order valence-corrected chi connectivity index (χ0v) is 13.1. The molecule has 1 aliphatic rings. The number of aryl methyl sites for hydroxylation is 2. The first-order valence-electron chi connectivity index (χ1n) is 7.78. The summed E-state index contributed by atoms with van der Waals surface area (Å²) in [5.41, 5.74) is 10.1. The Labute approximate surface area is 123 Å². The van der Waals surface area contributed by atoms with E-state index in [-0.39, 0.29) is 0 Å². The van der Waals surface area contributed by atoms with Crippen LogP contribution in [0.4, 0.5) is 0 Å². The van der Waals surface area contributed by atoms with Crippen LogP contribution in [-0.2, 0) is 4.74 Å². The second kappa shape index (κ2) is 7.21. The van der Waals surface area contributed by atoms with Gasteiger partial charge in [-0.3, -0.25) is 4.90 Å². The molecule has 1 aromatic rings. The minimum absolute atomic E-state index is 0.317. The maximum atomic E-state index is 6.06. The Bertz CT molecular complexity index is 431. The lowest BCUT2D eigenvalue weighted by Crippen LogP contribution is -2.44. The Morgan fingerprint density at radius 1 is 1.35 bits per heavy atom. The molecule has 0 spiro atoms. The molecule has 0 saturated carbocycles. The summed E-state index contributed by atoms with van der Waals surface area (Å²) in [7, 11) is 0. The maximum Gasteiger partial charge on any atom is 0.0702 e. The lowest BCUT2D eigenvalue weighted by molar-refractivity contribution is -0.00660. The lowest BCUT2D eigenvalue weighted by Gasteiger charge is -2.38. The Hall–Kier alpha value is -0.900. The van der Waals surface area contributed by atoms with Gasteiger partial charge >= 0.3 is 0 Å². The van der Waals surface area contributed by atoms with Gasteiger partial charge in [0.15, 0.2) is 0 Å². The third kappa shape index (κ3) is 3.60. The van der Waals surface area contributed by atoms with Gasteiger partial charge in [-0.2, -0.15) is 0 Å². The highest BCUT2D eigenvalue weighted by Gasteiger charge is 2.26. The van der Waals surface area contributed by atoms with Crippen molar-refractivity contribution in [2.75, 3.05) is 26.2 Å². The average Bonchev–Trinajstić information content (AvgIpc) is 2.44. The number of benzene rings is 1. The van der Waals surface area contributed by atoms with Gasteiger partial charge in [-0.15, -0.1) is 0 Å². The van der Waals surface area contributed by atoms with Gasteiger partial charge < -0.3 is 10.5 Å². The van der Waals surface area contributed by atoms with E-state index in [9.17, 15) is 0 Å². The number of hydrogen-bond acceptors (Lipinski definition) is 3. The fourth-order valence-electron chi connectivity index (χ4n) is 3.09. The smallest absolute Gasteiger partial charge is 0.0702 e. The molecule has 2 unspecified atom stereocenters. The number of nitrogens with two attached hydrogens (primary N) is 1. The van der Waals surface area contributed by atoms with Crippen molar-refractivity contribution in [3.05, 3.63) is 34.9 Å². The molecule has 2 rings (SSSR count). The normalized spacial score (nSPS) is 21.9. The van der Waals surface area contributed by atoms with Crippen molar-refractivity contribution < 1.29 is 4.74 Å². The summed E-state index contributed by atoms with van der Waals surface area (Å²) >= 11 is 0. The number of hydrogen-bond donors (Lipinski definition) is 1. The molecule has 20 heavy (non-hydrogen) atoms. The number of nitrogens with zero attached hydrogens (tertiary/aromatic N) is 1. The predicted molar refractivity (Wildman–Crippen MR) is 83.9 cm³/mol. The highest BCUT2D eigenvalue weighted by atomic mass is 16.5. The summed E-state index contributed by atoms with van der Waals surface area (Å²) in [5, 5.41) is 0. The molecule has 1 aliphatic heterocycles. The third-order valence-electron chi connectivity index (χ3n) is 4.39. The standard InChI is InChI=1S/C17H28N2O/c1-4-20-16-6-5-9-19(12-16)17(11-18)15-8-7-13(2)14(3)10-15/h7-8,10,16-17H,4-6,9,11-12,18H2,1-3H3. The largest absolute Gasteiger partial charge is 0.377 e. The number of piperidine rings is 1. The molecule has 1 saturated heterocycles. The Balaban J connectivity index is 2.12. The van der Waals surface area contributed by atoms with Gasteiger partial charge in [0.25, 0.3) is 0 Å². The minimum Gasteiger partial charge on any atom is -0.377 e. The Morgan fingerprint density at radius 3 is 2.80 bits per heavy atom. The SMILES string of the molecule is CCOC1CCCN(C(CN)c2ccc(C)c(C)c2)C1. The van der Waals surface area contributed by atoms with Crippen LogP contribution in [0.3, 0.4) is 0 Å². The van der Waals surface area contributed by atoms with Crippen molar-refractivity contribution >= 4 is 0 Å². The number of ether oxygens (including phenoxy) is 1. The van der Waals surface area contributed by atoms with Crippen LogP contribution < -0.4 is 5.73 Å². The quantitative estimate of drug-likeness (QED) is 0.898. The maximum absolute atomic E-state index is 6.06. The van der Waals surface area contributed by atoms with Crippen molar-refractivity contribution in [2.24, 2.45) is 5.73 Å². The first-order chi connectivity index (χ1) is 9.65. The monoisotopic (exact) mass is 276 g/mol. The summed E-state index contributed by atoms with van der Waals surface area (Å²) in [4.78, 5) is 2.49. The molecule has 2 N–H and O–H groups in total. The van der Waals surface area contributed by atoms with Crippen LogP contribution in [0.2, 0.25) is 0 Å². The fraction of sp³-hybridized carbons (Fsp3) is 0.647. The van der Waals surface area contributed by atoms with E-state index >= 15 is 0 Å². The first-order valence-corrected chi connectivity index (χ1v) is 7.78. The molecule has 112 valence electrons. The molecule has 0 amide bonds. The molecule has 0 aromatic heterocycles. The van der Waals surface area contributed by atoms with E-state index in [2.05, 4.69) is 43.9 Å². The molecular weight excluding hydrogens is 248 g/mol. The molecule has 0 aliphatic carbocycles. The van der Waals surface area contributed by atoms with Crippen molar-refractivity contribution in [3.63, 3.8) is 0 Å². The van der Waals surface area contributed by atoms with E-state index in [1.165, 1.54) is 29.5 Å². The second-order valence-electron chi connectivity index (χ2n) is 5.81. The van der Waals surface area contributed by atoms with Crippen LogP contribution in [0.1, 0.15) is 42.5 Å². The van der Waals surface area contributed by atoms with Crippen LogP contribution in [-0.4, -0.2) is 37.2 Å². The van der Waals surface area contributed by atoms with Gasteiger partial charge in [0.2, 0.25) is 0 Å². The van der Waals surface area contributed by atoms with Gasteiger partial charge in [-0.05, 0) is 56.8 Å². The van der Waals surface area contributed by atoms with E-state index in [4.69, 9.17) is 10.5 Å². The van der Waals surface area contributed by atoms with E-state index in [0.29, 0.717) is 18.7 Å². The van der Waals surface area contributed by atoms with E-state index < -0.39 is 0 Å². The zero-order valence-electron chi connectivity index (χ0n) is 13.1. The Morgan fingerprint density at radius 2 is 2.15 bits per heavy atom. The number of likely N-dealkylation sites (tertiary alicyclic amines) is 1. The third-order valence-corrected chi connectivity index (χ3v) is 4.39. The molecular formula is C17H28N2O. The molecule has 3 nitrogen and oxygen atoms in total. The average molecular weight is 276 g/mol. The molecule has 0 bridgehead atoms. The predicted octanol–water partition coefficient (Wildman–Crippen LogP) is 2.80. The highest BCUT2D eigenvalue weighted by molar-refractivity contribution is 5.32. The molecule has 1 aromatic carbocycles. The molecule has 2 atom stereocenters. The summed E-state index contributed by atoms with van der Waals surface area (Å²) in [6, 6.07) is 7.04. The van der Waals surface area contributed by atoms with Crippen molar-refractivity contribution in [1.82, 2.24) is 4.90 Å². The summed E-state index contributed by atoms with van der Waals surface area (Å²) in [6.07, 6.45) is 2.75. The van der Waals surface area contributed by atoms with Crippen LogP contribution in [0, 0.1) is 13.8 Å². The van der Waals surface area contributed by atoms with Crippen LogP contribution >= 0.6 is 0 Å². The van der Waals surface area contributed by atoms with E-state index in [0.717, 1.165) is 19.7 Å². The highest BCUT2D eigenvalue weighted by Crippen LogP contribution is 2.26. The van der Waals surface area contributed by atoms with Crippen LogP contribution in [0.15, 0.2) is 18.2 Å². The van der Waals surface area contributed by atoms with E-state index in [1.54, 1.807) is 0 Å². The van der Waals surface area contributed by atoms with Crippen LogP contribution in [0.5, 0.6) is 0 Å². The molecule has 0 radical (unpaired) electrons. The van der Waals surface area contributed by atoms with Gasteiger partial charge in [0.1, 0.15) is 0 Å². The topological polar surface area (TPSA) is 38.5 Å². The van der Waals surface area contributed by atoms with Gasteiger partial charge in [-0.25, -0.2) is 0 Å². The van der Waals surface area contributed by atoms with Crippen molar-refractivity contribution in [2.45, 2.75) is 45.8 Å². The Kier molecular flexibility index (Phi) is 5.58. The van der Waals surface area contributed by atoms with Gasteiger partial charge in [-0.1, -0.05) is 18.2 Å². The van der Waals surface area contributed by atoms with Crippen molar-refractivity contribution in [3.8, 4) is 0 Å². The van der Waals surface area contributed by atoms with Crippen LogP contribution in [0.25, 0.3) is 0 Å². The fourth-order valence-corrected chi connectivity index (χ4v) is 3.09. The van der Waals surface area contributed by atoms with Gasteiger partial charge in [0, 0.05) is 25.7 Å². The minimum atomic E-state index is 0.317. The lowest BCUT2D eigenvalue weighted by atomic mass is 9.97. The summed E-state index contributed by atoms with van der Waals surface area (Å²) in [5.74, 6) is 0. The molecule has 1 fully saturated rings.